The number of carbonyl (C=O) groups excluding carboxylic acids is 1. The van der Waals surface area contributed by atoms with E-state index in [0.717, 1.165) is 44.7 Å². The smallest absolute Gasteiger partial charge is 0.248 e. The van der Waals surface area contributed by atoms with Crippen LogP contribution in [0.15, 0.2) is 77.2 Å². The highest BCUT2D eigenvalue weighted by atomic mass is 16.5. The minimum absolute atomic E-state index is 0.210. The molecule has 0 radical (unpaired) electrons. The molecule has 0 spiro atoms. The van der Waals surface area contributed by atoms with Crippen molar-refractivity contribution in [1.82, 2.24) is 0 Å². The van der Waals surface area contributed by atoms with E-state index in [1.807, 2.05) is 94.4 Å². The molecule has 0 fully saturated rings. The van der Waals surface area contributed by atoms with Gasteiger partial charge < -0.3 is 19.2 Å². The normalized spacial score (nSPS) is 11.5. The molecule has 174 valence electrons. The highest BCUT2D eigenvalue weighted by molar-refractivity contribution is 6.04. The van der Waals surface area contributed by atoms with E-state index >= 15 is 0 Å². The van der Waals surface area contributed by atoms with Gasteiger partial charge in [-0.05, 0) is 74.7 Å². The molecule has 5 nitrogen and oxygen atoms in total. The van der Waals surface area contributed by atoms with E-state index in [0.29, 0.717) is 24.7 Å². The molecule has 1 heterocycles. The summed E-state index contributed by atoms with van der Waals surface area (Å²) in [6.07, 6.45) is 1.59. The number of aryl methyl sites for hydroxylation is 2. The summed E-state index contributed by atoms with van der Waals surface area (Å²) in [4.78, 5) is 12.7. The Balaban J connectivity index is 1.46. The maximum atomic E-state index is 12.7. The summed E-state index contributed by atoms with van der Waals surface area (Å²) >= 11 is 0. The van der Waals surface area contributed by atoms with Crippen LogP contribution < -0.4 is 14.8 Å². The second-order valence-electron chi connectivity index (χ2n) is 8.18. The van der Waals surface area contributed by atoms with Crippen molar-refractivity contribution in [2.75, 3.05) is 11.9 Å². The molecule has 4 rings (SSSR count). The fourth-order valence-corrected chi connectivity index (χ4v) is 3.78. The zero-order chi connectivity index (χ0) is 24.1. The van der Waals surface area contributed by atoms with Crippen LogP contribution in [0.5, 0.6) is 11.5 Å². The average molecular weight is 456 g/mol. The Bertz CT molecular complexity index is 1320. The minimum atomic E-state index is -0.210. The molecule has 0 saturated carbocycles. The second kappa shape index (κ2) is 10.3. The number of nitrogens with one attached hydrogen (secondary N) is 1. The van der Waals surface area contributed by atoms with E-state index in [4.69, 9.17) is 13.9 Å². The topological polar surface area (TPSA) is 60.7 Å². The molecule has 0 aliphatic carbocycles. The van der Waals surface area contributed by atoms with E-state index in [-0.39, 0.29) is 5.91 Å². The summed E-state index contributed by atoms with van der Waals surface area (Å²) < 4.78 is 17.5. The van der Waals surface area contributed by atoms with Crippen molar-refractivity contribution in [1.29, 1.82) is 0 Å². The lowest BCUT2D eigenvalue weighted by Gasteiger charge is -2.11. The Labute approximate surface area is 200 Å². The van der Waals surface area contributed by atoms with Gasteiger partial charge in [-0.2, -0.15) is 0 Å². The number of hydrogen-bond acceptors (Lipinski definition) is 4. The number of amides is 1. The molecule has 0 unspecified atom stereocenters. The van der Waals surface area contributed by atoms with Crippen molar-refractivity contribution in [3.8, 4) is 11.5 Å². The van der Waals surface area contributed by atoms with Gasteiger partial charge in [-0.15, -0.1) is 0 Å². The molecular weight excluding hydrogens is 426 g/mol. The van der Waals surface area contributed by atoms with Crippen LogP contribution in [0.1, 0.15) is 36.3 Å². The quantitative estimate of drug-likeness (QED) is 0.289. The number of rotatable bonds is 8. The van der Waals surface area contributed by atoms with Gasteiger partial charge in [0.2, 0.25) is 5.91 Å². The van der Waals surface area contributed by atoms with Crippen molar-refractivity contribution in [2.45, 2.75) is 34.3 Å². The minimum Gasteiger partial charge on any atom is -0.493 e. The first kappa shape index (κ1) is 23.2. The monoisotopic (exact) mass is 455 g/mol. The van der Waals surface area contributed by atoms with Crippen LogP contribution >= 0.6 is 0 Å². The number of carbonyl (C=O) groups is 1. The zero-order valence-electron chi connectivity index (χ0n) is 20.0. The first-order chi connectivity index (χ1) is 16.4. The lowest BCUT2D eigenvalue weighted by atomic mass is 10.0. The molecule has 0 atom stereocenters. The summed E-state index contributed by atoms with van der Waals surface area (Å²) in [5.41, 5.74) is 5.36. The number of fused-ring (bicyclic) bond motifs is 1. The van der Waals surface area contributed by atoms with Gasteiger partial charge in [-0.3, -0.25) is 4.79 Å². The molecule has 1 amide bonds. The van der Waals surface area contributed by atoms with Crippen LogP contribution in [0.4, 0.5) is 5.69 Å². The van der Waals surface area contributed by atoms with Crippen LogP contribution in [0.3, 0.4) is 0 Å². The predicted molar refractivity (Wildman–Crippen MR) is 136 cm³/mol. The van der Waals surface area contributed by atoms with Crippen LogP contribution in [0, 0.1) is 13.8 Å². The largest absolute Gasteiger partial charge is 0.493 e. The molecule has 0 saturated heterocycles. The standard InChI is InChI=1S/C29H29NO4/c1-5-32-27-17-28-26(20(3)21(4)34-28)16-25(27)19(2)15-29(31)30-23-11-13-24(14-12-23)33-18-22-9-7-6-8-10-22/h6-17H,5,18H2,1-4H3,(H,30,31)/b19-15+. The van der Waals surface area contributed by atoms with E-state index in [9.17, 15) is 4.79 Å². The van der Waals surface area contributed by atoms with E-state index < -0.39 is 0 Å². The maximum absolute atomic E-state index is 12.7. The van der Waals surface area contributed by atoms with Gasteiger partial charge in [0.25, 0.3) is 0 Å². The summed E-state index contributed by atoms with van der Waals surface area (Å²) in [5.74, 6) is 2.11. The summed E-state index contributed by atoms with van der Waals surface area (Å²) in [7, 11) is 0. The number of hydrogen-bond donors (Lipinski definition) is 1. The van der Waals surface area contributed by atoms with Gasteiger partial charge >= 0.3 is 0 Å². The van der Waals surface area contributed by atoms with E-state index in [1.165, 1.54) is 0 Å². The van der Waals surface area contributed by atoms with Gasteiger partial charge in [0, 0.05) is 28.8 Å². The highest BCUT2D eigenvalue weighted by Gasteiger charge is 2.14. The predicted octanol–water partition coefficient (Wildman–Crippen LogP) is 7.07. The third-order valence-corrected chi connectivity index (χ3v) is 5.72. The van der Waals surface area contributed by atoms with Crippen molar-refractivity contribution >= 4 is 28.1 Å². The number of furan rings is 1. The molecule has 0 aliphatic heterocycles. The molecule has 1 N–H and O–H groups in total. The molecular formula is C29H29NO4. The Morgan fingerprint density at radius 2 is 1.74 bits per heavy atom. The van der Waals surface area contributed by atoms with Crippen molar-refractivity contribution in [3.63, 3.8) is 0 Å². The Morgan fingerprint density at radius 1 is 1.00 bits per heavy atom. The average Bonchev–Trinajstić information content (AvgIpc) is 3.11. The van der Waals surface area contributed by atoms with Crippen LogP contribution in [0.25, 0.3) is 16.5 Å². The second-order valence-corrected chi connectivity index (χ2v) is 8.18. The fraction of sp³-hybridized carbons (Fsp3) is 0.207. The molecule has 0 aliphatic rings. The third-order valence-electron chi connectivity index (χ3n) is 5.72. The van der Waals surface area contributed by atoms with Crippen molar-refractivity contribution in [3.05, 3.63) is 95.3 Å². The zero-order valence-corrected chi connectivity index (χ0v) is 20.0. The molecule has 0 bridgehead atoms. The number of ether oxygens (including phenoxy) is 2. The van der Waals surface area contributed by atoms with Crippen molar-refractivity contribution in [2.24, 2.45) is 0 Å². The van der Waals surface area contributed by atoms with Gasteiger partial charge in [0.05, 0.1) is 6.61 Å². The lowest BCUT2D eigenvalue weighted by molar-refractivity contribution is -0.111. The molecule has 4 aromatic rings. The van der Waals surface area contributed by atoms with Crippen LogP contribution in [-0.4, -0.2) is 12.5 Å². The van der Waals surface area contributed by atoms with Gasteiger partial charge in [-0.25, -0.2) is 0 Å². The number of anilines is 1. The molecule has 1 aromatic heterocycles. The van der Waals surface area contributed by atoms with Crippen molar-refractivity contribution < 1.29 is 18.7 Å². The first-order valence-corrected chi connectivity index (χ1v) is 11.4. The molecule has 34 heavy (non-hydrogen) atoms. The fourth-order valence-electron chi connectivity index (χ4n) is 3.78. The molecule has 3 aromatic carbocycles. The third kappa shape index (κ3) is 5.31. The summed E-state index contributed by atoms with van der Waals surface area (Å²) in [5, 5.41) is 3.94. The van der Waals surface area contributed by atoms with E-state index in [2.05, 4.69) is 5.32 Å². The number of allylic oxidation sites excluding steroid dienone is 1. The van der Waals surface area contributed by atoms with Crippen LogP contribution in [-0.2, 0) is 11.4 Å². The van der Waals surface area contributed by atoms with E-state index in [1.54, 1.807) is 6.08 Å². The van der Waals surface area contributed by atoms with Gasteiger partial charge in [0.15, 0.2) is 0 Å². The van der Waals surface area contributed by atoms with Gasteiger partial charge in [-0.1, -0.05) is 30.3 Å². The highest BCUT2D eigenvalue weighted by Crippen LogP contribution is 2.35. The van der Waals surface area contributed by atoms with Crippen LogP contribution in [0.2, 0.25) is 0 Å². The first-order valence-electron chi connectivity index (χ1n) is 11.4. The number of benzene rings is 3. The molecule has 5 heteroatoms. The Morgan fingerprint density at radius 3 is 2.44 bits per heavy atom. The summed E-state index contributed by atoms with van der Waals surface area (Å²) in [6, 6.07) is 21.3. The Kier molecular flexibility index (Phi) is 7.02. The lowest BCUT2D eigenvalue weighted by Crippen LogP contribution is -2.08. The van der Waals surface area contributed by atoms with Gasteiger partial charge in [0.1, 0.15) is 29.4 Å². The Hall–Kier alpha value is -3.99. The maximum Gasteiger partial charge on any atom is 0.248 e. The summed E-state index contributed by atoms with van der Waals surface area (Å²) in [6.45, 7) is 8.84. The SMILES string of the molecule is CCOc1cc2oc(C)c(C)c2cc1/C(C)=C/C(=O)Nc1ccc(OCc2ccccc2)cc1.